The molecule has 3 aromatic rings. The van der Waals surface area contributed by atoms with Gasteiger partial charge in [0.1, 0.15) is 0 Å². The molecule has 3 rings (SSSR count). The number of benzene rings is 3. The Morgan fingerprint density at radius 2 is 1.55 bits per heavy atom. The monoisotopic (exact) mass is 389 g/mol. The summed E-state index contributed by atoms with van der Waals surface area (Å²) in [6.07, 6.45) is 4.85. The molecule has 0 aromatic heterocycles. The van der Waals surface area contributed by atoms with E-state index in [1.807, 2.05) is 36.4 Å². The standard InChI is InChI=1S/C24H27N3O2/c25-21-11-7-8-13-23(21)26-24(28)14-4-2-1-3-12-22(27-29)20-16-15-18-9-5-6-10-19(18)17-20/h5-11,13,15-17,29H,1-4,12,14,25H2,(H,26,28). The minimum Gasteiger partial charge on any atom is -0.411 e. The molecular weight excluding hydrogens is 362 g/mol. The van der Waals surface area contributed by atoms with E-state index in [1.54, 1.807) is 12.1 Å². The normalized spacial score (nSPS) is 11.5. The quantitative estimate of drug-likeness (QED) is 0.147. The third-order valence-corrected chi connectivity index (χ3v) is 5.01. The number of nitrogen functional groups attached to an aromatic ring is 1. The topological polar surface area (TPSA) is 87.7 Å². The number of anilines is 2. The predicted octanol–water partition coefficient (Wildman–Crippen LogP) is 5.58. The molecule has 0 saturated carbocycles. The zero-order valence-corrected chi connectivity index (χ0v) is 16.5. The average Bonchev–Trinajstić information content (AvgIpc) is 2.74. The number of amides is 1. The van der Waals surface area contributed by atoms with Crippen LogP contribution < -0.4 is 11.1 Å². The molecule has 3 aromatic carbocycles. The van der Waals surface area contributed by atoms with E-state index in [1.165, 1.54) is 5.39 Å². The van der Waals surface area contributed by atoms with Crippen molar-refractivity contribution in [1.82, 2.24) is 0 Å². The van der Waals surface area contributed by atoms with Gasteiger partial charge < -0.3 is 16.3 Å². The van der Waals surface area contributed by atoms with Crippen LogP contribution in [0.2, 0.25) is 0 Å². The van der Waals surface area contributed by atoms with Crippen molar-refractivity contribution in [2.24, 2.45) is 5.16 Å². The summed E-state index contributed by atoms with van der Waals surface area (Å²) >= 11 is 0. The molecule has 5 heteroatoms. The maximum Gasteiger partial charge on any atom is 0.224 e. The van der Waals surface area contributed by atoms with E-state index in [-0.39, 0.29) is 5.91 Å². The van der Waals surface area contributed by atoms with Crippen LogP contribution in [0.25, 0.3) is 10.8 Å². The number of rotatable bonds is 9. The lowest BCUT2D eigenvalue weighted by atomic mass is 10.00. The van der Waals surface area contributed by atoms with Crippen LogP contribution in [0.4, 0.5) is 11.4 Å². The molecule has 0 radical (unpaired) electrons. The molecule has 0 aliphatic heterocycles. The van der Waals surface area contributed by atoms with Crippen molar-refractivity contribution < 1.29 is 10.0 Å². The number of fused-ring (bicyclic) bond motifs is 1. The fraction of sp³-hybridized carbons (Fsp3) is 0.250. The van der Waals surface area contributed by atoms with Crippen LogP contribution in [0.3, 0.4) is 0 Å². The SMILES string of the molecule is Nc1ccccc1NC(=O)CCCCCCC(=NO)c1ccc2ccccc2c1. The number of unbranched alkanes of at least 4 members (excludes halogenated alkanes) is 3. The molecule has 1 amide bonds. The Morgan fingerprint density at radius 1 is 0.862 bits per heavy atom. The summed E-state index contributed by atoms with van der Waals surface area (Å²) in [7, 11) is 0. The number of carbonyl (C=O) groups excluding carboxylic acids is 1. The smallest absolute Gasteiger partial charge is 0.224 e. The lowest BCUT2D eigenvalue weighted by Crippen LogP contribution is -2.12. The molecule has 0 aliphatic rings. The summed E-state index contributed by atoms with van der Waals surface area (Å²) in [4.78, 5) is 12.0. The summed E-state index contributed by atoms with van der Waals surface area (Å²) in [6.45, 7) is 0. The highest BCUT2D eigenvalue weighted by Gasteiger charge is 2.07. The summed E-state index contributed by atoms with van der Waals surface area (Å²) < 4.78 is 0. The van der Waals surface area contributed by atoms with Crippen LogP contribution in [0.15, 0.2) is 71.9 Å². The minimum atomic E-state index is -0.0170. The third-order valence-electron chi connectivity index (χ3n) is 5.01. The fourth-order valence-corrected chi connectivity index (χ4v) is 3.38. The van der Waals surface area contributed by atoms with Crippen molar-refractivity contribution in [3.05, 3.63) is 72.3 Å². The van der Waals surface area contributed by atoms with Gasteiger partial charge in [-0.3, -0.25) is 4.79 Å². The molecule has 0 spiro atoms. The number of hydrogen-bond donors (Lipinski definition) is 3. The van der Waals surface area contributed by atoms with Gasteiger partial charge in [-0.15, -0.1) is 0 Å². The number of oxime groups is 1. The summed E-state index contributed by atoms with van der Waals surface area (Å²) in [5.74, 6) is -0.0170. The van der Waals surface area contributed by atoms with Gasteiger partial charge in [0, 0.05) is 6.42 Å². The molecule has 150 valence electrons. The van der Waals surface area contributed by atoms with E-state index in [9.17, 15) is 10.0 Å². The van der Waals surface area contributed by atoms with Crippen molar-refractivity contribution >= 4 is 33.8 Å². The Morgan fingerprint density at radius 3 is 2.31 bits per heavy atom. The molecule has 0 aliphatic carbocycles. The maximum atomic E-state index is 12.0. The zero-order valence-electron chi connectivity index (χ0n) is 16.5. The van der Waals surface area contributed by atoms with Gasteiger partial charge in [0.15, 0.2) is 0 Å². The Kier molecular flexibility index (Phi) is 7.22. The van der Waals surface area contributed by atoms with Crippen molar-refractivity contribution in [1.29, 1.82) is 0 Å². The number of nitrogens with one attached hydrogen (secondary N) is 1. The van der Waals surface area contributed by atoms with Gasteiger partial charge in [0.2, 0.25) is 5.91 Å². The van der Waals surface area contributed by atoms with Gasteiger partial charge in [-0.1, -0.05) is 66.5 Å². The number of para-hydroxylation sites is 2. The molecule has 0 fully saturated rings. The highest BCUT2D eigenvalue weighted by molar-refractivity contribution is 6.03. The third kappa shape index (κ3) is 5.82. The van der Waals surface area contributed by atoms with Gasteiger partial charge in [-0.05, 0) is 53.8 Å². The van der Waals surface area contributed by atoms with Gasteiger partial charge in [-0.25, -0.2) is 0 Å². The first-order chi connectivity index (χ1) is 14.2. The highest BCUT2D eigenvalue weighted by Crippen LogP contribution is 2.19. The summed E-state index contributed by atoms with van der Waals surface area (Å²) in [5, 5.41) is 18.1. The number of carbonyl (C=O) groups is 1. The molecule has 0 atom stereocenters. The molecule has 29 heavy (non-hydrogen) atoms. The molecule has 0 saturated heterocycles. The van der Waals surface area contributed by atoms with Crippen molar-refractivity contribution in [3.8, 4) is 0 Å². The number of hydrogen-bond acceptors (Lipinski definition) is 4. The second kappa shape index (κ2) is 10.3. The predicted molar refractivity (Wildman–Crippen MR) is 119 cm³/mol. The van der Waals surface area contributed by atoms with E-state index in [0.717, 1.165) is 36.6 Å². The lowest BCUT2D eigenvalue weighted by Gasteiger charge is -2.08. The van der Waals surface area contributed by atoms with Crippen LogP contribution in [0.5, 0.6) is 0 Å². The fourth-order valence-electron chi connectivity index (χ4n) is 3.38. The van der Waals surface area contributed by atoms with Gasteiger partial charge in [-0.2, -0.15) is 0 Å². The zero-order chi connectivity index (χ0) is 20.5. The van der Waals surface area contributed by atoms with E-state index in [0.29, 0.717) is 29.9 Å². The molecule has 0 bridgehead atoms. The molecule has 4 N–H and O–H groups in total. The van der Waals surface area contributed by atoms with Crippen LogP contribution in [-0.2, 0) is 4.79 Å². The average molecular weight is 389 g/mol. The summed E-state index contributed by atoms with van der Waals surface area (Å²) in [6, 6.07) is 21.5. The first-order valence-electron chi connectivity index (χ1n) is 10.0. The number of nitrogens with zero attached hydrogens (tertiary/aromatic N) is 1. The highest BCUT2D eigenvalue weighted by atomic mass is 16.4. The minimum absolute atomic E-state index is 0.0170. The van der Waals surface area contributed by atoms with E-state index in [2.05, 4.69) is 28.7 Å². The Balaban J connectivity index is 1.39. The Hall–Kier alpha value is -3.34. The van der Waals surface area contributed by atoms with Crippen LogP contribution in [-0.4, -0.2) is 16.8 Å². The van der Waals surface area contributed by atoms with Crippen LogP contribution in [0, 0.1) is 0 Å². The molecule has 0 unspecified atom stereocenters. The van der Waals surface area contributed by atoms with Gasteiger partial charge >= 0.3 is 0 Å². The van der Waals surface area contributed by atoms with Crippen molar-refractivity contribution in [2.45, 2.75) is 38.5 Å². The molecular formula is C24H27N3O2. The second-order valence-electron chi connectivity index (χ2n) is 7.16. The van der Waals surface area contributed by atoms with E-state index in [4.69, 9.17) is 5.73 Å². The van der Waals surface area contributed by atoms with Crippen molar-refractivity contribution in [3.63, 3.8) is 0 Å². The first-order valence-corrected chi connectivity index (χ1v) is 10.0. The van der Waals surface area contributed by atoms with Gasteiger partial charge in [0.25, 0.3) is 0 Å². The lowest BCUT2D eigenvalue weighted by molar-refractivity contribution is -0.116. The molecule has 5 nitrogen and oxygen atoms in total. The maximum absolute atomic E-state index is 12.0. The molecule has 0 heterocycles. The van der Waals surface area contributed by atoms with Crippen molar-refractivity contribution in [2.75, 3.05) is 11.1 Å². The van der Waals surface area contributed by atoms with Crippen LogP contribution in [0.1, 0.15) is 44.1 Å². The van der Waals surface area contributed by atoms with E-state index < -0.39 is 0 Å². The Labute approximate surface area is 171 Å². The van der Waals surface area contributed by atoms with Gasteiger partial charge in [0.05, 0.1) is 17.1 Å². The van der Waals surface area contributed by atoms with Crippen LogP contribution >= 0.6 is 0 Å². The number of nitrogens with two attached hydrogens (primary N) is 1. The second-order valence-corrected chi connectivity index (χ2v) is 7.16. The largest absolute Gasteiger partial charge is 0.411 e. The summed E-state index contributed by atoms with van der Waals surface area (Å²) in [5.41, 5.74) is 8.73. The Bertz CT molecular complexity index is 998. The van der Waals surface area contributed by atoms with E-state index >= 15 is 0 Å². The first kappa shape index (κ1) is 20.4.